The summed E-state index contributed by atoms with van der Waals surface area (Å²) in [7, 11) is 2.20. The normalized spacial score (nSPS) is 12.8. The SMILES string of the molecule is CC(C)c1cccc(C(C)C)c1-n1cc(C(C)(C)C(C)(C)c2cn3c(n2)-c2[c-]cccc2N(C)B3c2c(-c3ccccc3)cccc2-c2ccccc2)nc1-c1ncc[n-]1.[Pt+2]. The molecule has 61 heavy (non-hydrogen) atoms. The molecular weight excluding hydrogens is 929 g/mol. The third-order valence-corrected chi connectivity index (χ3v) is 13.1. The van der Waals surface area contributed by atoms with Crippen LogP contribution in [0.15, 0.2) is 140 Å². The van der Waals surface area contributed by atoms with E-state index in [2.05, 4.69) is 214 Å². The molecule has 308 valence electrons. The molecule has 0 radical (unpaired) electrons. The maximum atomic E-state index is 5.63. The van der Waals surface area contributed by atoms with Crippen molar-refractivity contribution in [1.29, 1.82) is 0 Å². The molecular formula is C52H52BN7Pt. The second-order valence-electron chi connectivity index (χ2n) is 17.8. The summed E-state index contributed by atoms with van der Waals surface area (Å²) in [5.41, 5.74) is 12.7. The van der Waals surface area contributed by atoms with Crippen LogP contribution in [0.2, 0.25) is 0 Å². The summed E-state index contributed by atoms with van der Waals surface area (Å²) in [4.78, 5) is 22.9. The van der Waals surface area contributed by atoms with Gasteiger partial charge in [0, 0.05) is 29.0 Å². The van der Waals surface area contributed by atoms with E-state index in [1.165, 1.54) is 38.8 Å². The van der Waals surface area contributed by atoms with Gasteiger partial charge in [0.1, 0.15) is 5.82 Å². The molecule has 0 amide bonds. The number of nitrogens with zero attached hydrogens (tertiary/aromatic N) is 7. The van der Waals surface area contributed by atoms with Crippen LogP contribution in [0.5, 0.6) is 0 Å². The largest absolute Gasteiger partial charge is 2.00 e. The summed E-state index contributed by atoms with van der Waals surface area (Å²) in [6, 6.07) is 44.7. The number of para-hydroxylation sites is 1. The number of rotatable bonds is 10. The van der Waals surface area contributed by atoms with Crippen molar-refractivity contribution in [1.82, 2.24) is 29.0 Å². The minimum atomic E-state index is -0.503. The van der Waals surface area contributed by atoms with Crippen molar-refractivity contribution in [2.45, 2.75) is 78.1 Å². The van der Waals surface area contributed by atoms with Crippen LogP contribution >= 0.6 is 0 Å². The Morgan fingerprint density at radius 3 is 1.77 bits per heavy atom. The molecule has 0 spiro atoms. The fourth-order valence-corrected chi connectivity index (χ4v) is 9.00. The molecule has 0 saturated heterocycles. The number of hydrogen-bond acceptors (Lipinski definition) is 4. The second-order valence-corrected chi connectivity index (χ2v) is 17.8. The Bertz CT molecular complexity index is 2720. The van der Waals surface area contributed by atoms with Crippen molar-refractivity contribution in [3.8, 4) is 51.0 Å². The van der Waals surface area contributed by atoms with Crippen LogP contribution in [0, 0.1) is 6.07 Å². The van der Waals surface area contributed by atoms with Crippen molar-refractivity contribution in [2.75, 3.05) is 11.9 Å². The first-order valence-electron chi connectivity index (χ1n) is 21.1. The van der Waals surface area contributed by atoms with E-state index in [4.69, 9.17) is 9.97 Å². The molecule has 3 aromatic heterocycles. The molecule has 8 aromatic rings. The first kappa shape index (κ1) is 42.0. The van der Waals surface area contributed by atoms with Gasteiger partial charge in [-0.3, -0.25) is 9.55 Å². The number of hydrogen-bond donors (Lipinski definition) is 0. The van der Waals surface area contributed by atoms with E-state index >= 15 is 0 Å². The van der Waals surface area contributed by atoms with Crippen LogP contribution in [-0.4, -0.2) is 38.0 Å². The predicted octanol–water partition coefficient (Wildman–Crippen LogP) is 11.1. The first-order valence-corrected chi connectivity index (χ1v) is 21.1. The van der Waals surface area contributed by atoms with Crippen LogP contribution in [0.25, 0.3) is 51.0 Å². The fourth-order valence-electron chi connectivity index (χ4n) is 9.00. The van der Waals surface area contributed by atoms with Crippen molar-refractivity contribution < 1.29 is 21.1 Å². The molecule has 7 nitrogen and oxygen atoms in total. The minimum Gasteiger partial charge on any atom is -0.440 e. The summed E-state index contributed by atoms with van der Waals surface area (Å²) in [6.45, 7) is 18.0. The van der Waals surface area contributed by atoms with Crippen LogP contribution < -0.4 is 15.3 Å². The van der Waals surface area contributed by atoms with Crippen molar-refractivity contribution in [3.05, 3.63) is 169 Å². The summed E-state index contributed by atoms with van der Waals surface area (Å²) in [5, 5.41) is 0. The molecule has 5 aromatic carbocycles. The number of aromatic nitrogens is 6. The zero-order valence-electron chi connectivity index (χ0n) is 36.5. The van der Waals surface area contributed by atoms with Crippen LogP contribution in [0.4, 0.5) is 5.69 Å². The van der Waals surface area contributed by atoms with E-state index in [9.17, 15) is 0 Å². The number of fused-ring (bicyclic) bond motifs is 3. The van der Waals surface area contributed by atoms with Gasteiger partial charge >= 0.3 is 28.0 Å². The molecule has 0 N–H and O–H groups in total. The summed E-state index contributed by atoms with van der Waals surface area (Å²) in [6.07, 6.45) is 8.02. The van der Waals surface area contributed by atoms with E-state index in [1.54, 1.807) is 12.4 Å². The quantitative estimate of drug-likeness (QED) is 0.101. The van der Waals surface area contributed by atoms with Crippen LogP contribution in [0.3, 0.4) is 0 Å². The number of imidazole rings is 3. The first-order chi connectivity index (χ1) is 28.9. The molecule has 0 atom stereocenters. The molecule has 0 fully saturated rings. The monoisotopic (exact) mass is 980 g/mol. The Morgan fingerprint density at radius 2 is 1.21 bits per heavy atom. The maximum Gasteiger partial charge on any atom is 2.00 e. The molecule has 9 rings (SSSR count). The van der Waals surface area contributed by atoms with E-state index in [0.717, 1.165) is 40.0 Å². The van der Waals surface area contributed by atoms with Crippen LogP contribution in [-0.2, 0) is 31.9 Å². The molecule has 0 unspecified atom stereocenters. The van der Waals surface area contributed by atoms with Crippen molar-refractivity contribution >= 4 is 18.1 Å². The zero-order chi connectivity index (χ0) is 41.9. The van der Waals surface area contributed by atoms with Gasteiger partial charge < -0.3 is 19.3 Å². The third kappa shape index (κ3) is 7.03. The van der Waals surface area contributed by atoms with Gasteiger partial charge in [-0.05, 0) is 63.6 Å². The van der Waals surface area contributed by atoms with Gasteiger partial charge in [0.25, 0.3) is 0 Å². The Kier molecular flexibility index (Phi) is 11.2. The average Bonchev–Trinajstić information content (AvgIpc) is 4.06. The average molecular weight is 981 g/mol. The van der Waals surface area contributed by atoms with E-state index in [1.807, 2.05) is 6.07 Å². The third-order valence-electron chi connectivity index (χ3n) is 13.1. The van der Waals surface area contributed by atoms with Gasteiger partial charge in [0.2, 0.25) is 0 Å². The molecule has 1 aliphatic heterocycles. The van der Waals surface area contributed by atoms with Crippen LogP contribution in [0.1, 0.15) is 89.7 Å². The van der Waals surface area contributed by atoms with Crippen molar-refractivity contribution in [2.24, 2.45) is 0 Å². The van der Waals surface area contributed by atoms with Gasteiger partial charge in [-0.1, -0.05) is 176 Å². The molecule has 0 bridgehead atoms. The Morgan fingerprint density at radius 1 is 0.656 bits per heavy atom. The summed E-state index contributed by atoms with van der Waals surface area (Å²) >= 11 is 0. The van der Waals surface area contributed by atoms with Gasteiger partial charge in [-0.2, -0.15) is 0 Å². The van der Waals surface area contributed by atoms with Gasteiger partial charge in [0.15, 0.2) is 0 Å². The summed E-state index contributed by atoms with van der Waals surface area (Å²) in [5.74, 6) is 2.87. The van der Waals surface area contributed by atoms with Gasteiger partial charge in [0.05, 0.1) is 17.1 Å². The smallest absolute Gasteiger partial charge is 0.440 e. The van der Waals surface area contributed by atoms with E-state index < -0.39 is 10.8 Å². The van der Waals surface area contributed by atoms with Gasteiger partial charge in [-0.15, -0.1) is 24.3 Å². The molecule has 4 heterocycles. The Labute approximate surface area is 375 Å². The van der Waals surface area contributed by atoms with E-state index in [-0.39, 0.29) is 28.0 Å². The topological polar surface area (TPSA) is 65.9 Å². The summed E-state index contributed by atoms with van der Waals surface area (Å²) < 4.78 is 4.64. The van der Waals surface area contributed by atoms with Gasteiger partial charge in [-0.25, -0.2) is 4.98 Å². The standard InChI is InChI=1S/C52H52BN7.Pt/c1-34(2)38-25-18-26-39(35(3)4)47(38)59-32-44(57-50(59)48-54-30-31-55-48)51(5,6)52(7,8)45-33-60-49(56-45)42-24-16-17-29-43(42)58(9)53(60)46-40(36-20-12-10-13-21-36)27-19-28-41(46)37-22-14-11-15-23-37;/h10-23,25-35H,1-9H3;/q-2;+2. The molecule has 0 aliphatic carbocycles. The number of benzene rings is 5. The minimum absolute atomic E-state index is 0. The molecule has 1 aliphatic rings. The Hall–Kier alpha value is -5.72. The predicted molar refractivity (Wildman–Crippen MR) is 247 cm³/mol. The molecule has 9 heteroatoms. The van der Waals surface area contributed by atoms with E-state index in [0.29, 0.717) is 17.7 Å². The fraction of sp³-hybridized carbons (Fsp3) is 0.250. The zero-order valence-corrected chi connectivity index (χ0v) is 38.7. The number of anilines is 1. The second kappa shape index (κ2) is 16.3. The van der Waals surface area contributed by atoms with Crippen molar-refractivity contribution in [3.63, 3.8) is 0 Å². The molecule has 0 saturated carbocycles. The maximum absolute atomic E-state index is 5.63. The Balaban J connectivity index is 0.00000514.